The smallest absolute Gasteiger partial charge is 0.257 e. The lowest BCUT2D eigenvalue weighted by molar-refractivity contribution is 0.144. The summed E-state index contributed by atoms with van der Waals surface area (Å²) in [7, 11) is 0. The molecule has 3 aromatic rings. The highest BCUT2D eigenvalue weighted by Crippen LogP contribution is 2.24. The van der Waals surface area contributed by atoms with E-state index in [4.69, 9.17) is 10.5 Å². The van der Waals surface area contributed by atoms with Gasteiger partial charge in [0.2, 0.25) is 5.95 Å². The summed E-state index contributed by atoms with van der Waals surface area (Å²) in [6, 6.07) is 7.40. The van der Waals surface area contributed by atoms with Crippen LogP contribution in [-0.2, 0) is 4.74 Å². The fourth-order valence-corrected chi connectivity index (χ4v) is 2.57. The Kier molecular flexibility index (Phi) is 5.43. The van der Waals surface area contributed by atoms with Crippen molar-refractivity contribution in [3.63, 3.8) is 0 Å². The minimum absolute atomic E-state index is 0.0552. The molecule has 0 aliphatic rings. The highest BCUT2D eigenvalue weighted by Gasteiger charge is 2.12. The van der Waals surface area contributed by atoms with Gasteiger partial charge in [0.05, 0.1) is 12.0 Å². The van der Waals surface area contributed by atoms with Crippen LogP contribution >= 0.6 is 0 Å². The molecule has 4 N–H and O–H groups in total. The van der Waals surface area contributed by atoms with Gasteiger partial charge in [0, 0.05) is 18.7 Å². The normalized spacial score (nSPS) is 11.0. The average molecular weight is 357 g/mol. The number of benzene rings is 1. The minimum atomic E-state index is -0.364. The molecule has 0 saturated carbocycles. The van der Waals surface area contributed by atoms with Gasteiger partial charge in [0.1, 0.15) is 17.3 Å². The van der Waals surface area contributed by atoms with E-state index in [0.29, 0.717) is 47.7 Å². The molecule has 0 aliphatic carbocycles. The number of aromatic nitrogens is 3. The number of hydrogen-bond donors (Lipinski definition) is 3. The number of nitrogen functional groups attached to an aromatic ring is 1. The molecule has 0 fully saturated rings. The lowest BCUT2D eigenvalue weighted by Gasteiger charge is -2.11. The number of nitrogens with one attached hydrogen (secondary N) is 2. The van der Waals surface area contributed by atoms with Crippen molar-refractivity contribution in [2.75, 3.05) is 30.8 Å². The maximum absolute atomic E-state index is 13.2. The van der Waals surface area contributed by atoms with Gasteiger partial charge in [-0.3, -0.25) is 4.79 Å². The zero-order valence-electron chi connectivity index (χ0n) is 14.4. The highest BCUT2D eigenvalue weighted by molar-refractivity contribution is 5.90. The van der Waals surface area contributed by atoms with Crippen LogP contribution in [0.5, 0.6) is 0 Å². The Bertz CT molecular complexity index is 956. The van der Waals surface area contributed by atoms with Crippen molar-refractivity contribution in [2.45, 2.75) is 13.3 Å². The number of fused-ring (bicyclic) bond motifs is 1. The number of nitrogens with zero attached hydrogens (tertiary/aromatic N) is 2. The molecule has 0 spiro atoms. The van der Waals surface area contributed by atoms with E-state index < -0.39 is 0 Å². The zero-order valence-corrected chi connectivity index (χ0v) is 14.4. The predicted molar refractivity (Wildman–Crippen MR) is 99.6 cm³/mol. The monoisotopic (exact) mass is 357 g/mol. The summed E-state index contributed by atoms with van der Waals surface area (Å²) >= 11 is 0. The summed E-state index contributed by atoms with van der Waals surface area (Å²) in [4.78, 5) is 23.4. The van der Waals surface area contributed by atoms with Crippen molar-refractivity contribution in [3.8, 4) is 11.1 Å². The molecule has 7 nitrogen and oxygen atoms in total. The molecule has 3 rings (SSSR count). The summed E-state index contributed by atoms with van der Waals surface area (Å²) in [6.45, 7) is 3.79. The molecule has 0 radical (unpaired) electrons. The Morgan fingerprint density at radius 2 is 2.00 bits per heavy atom. The van der Waals surface area contributed by atoms with Crippen LogP contribution in [0.3, 0.4) is 0 Å². The van der Waals surface area contributed by atoms with Gasteiger partial charge in [-0.05, 0) is 30.2 Å². The first kappa shape index (κ1) is 17.8. The van der Waals surface area contributed by atoms with E-state index in [1.54, 1.807) is 18.2 Å². The van der Waals surface area contributed by atoms with Gasteiger partial charge < -0.3 is 20.8 Å². The number of aromatic amines is 1. The van der Waals surface area contributed by atoms with Crippen molar-refractivity contribution < 1.29 is 9.13 Å². The number of ether oxygens (including phenoxy) is 1. The SMILES string of the molecule is CCCOCCNc1nc(N)nc2[nH]c(=O)c(-c3ccc(F)cc3)cc12. The second kappa shape index (κ2) is 7.92. The van der Waals surface area contributed by atoms with E-state index in [9.17, 15) is 9.18 Å². The second-order valence-electron chi connectivity index (χ2n) is 5.75. The van der Waals surface area contributed by atoms with Crippen molar-refractivity contribution in [3.05, 3.63) is 46.5 Å². The minimum Gasteiger partial charge on any atom is -0.380 e. The lowest BCUT2D eigenvalue weighted by Crippen LogP contribution is -2.15. The van der Waals surface area contributed by atoms with Gasteiger partial charge in [0.25, 0.3) is 5.56 Å². The molecule has 0 bridgehead atoms. The van der Waals surface area contributed by atoms with Crippen molar-refractivity contribution in [1.29, 1.82) is 0 Å². The molecule has 0 saturated heterocycles. The number of H-pyrrole nitrogens is 1. The van der Waals surface area contributed by atoms with Gasteiger partial charge in [-0.1, -0.05) is 19.1 Å². The third-order valence-corrected chi connectivity index (χ3v) is 3.77. The number of rotatable bonds is 7. The molecule has 0 aliphatic heterocycles. The van der Waals surface area contributed by atoms with Crippen LogP contribution in [-0.4, -0.2) is 34.7 Å². The maximum atomic E-state index is 13.2. The van der Waals surface area contributed by atoms with Gasteiger partial charge in [-0.25, -0.2) is 4.39 Å². The predicted octanol–water partition coefficient (Wildman–Crippen LogP) is 2.54. The second-order valence-corrected chi connectivity index (χ2v) is 5.75. The number of pyridine rings is 1. The van der Waals surface area contributed by atoms with E-state index in [2.05, 4.69) is 20.3 Å². The summed E-state index contributed by atoms with van der Waals surface area (Å²) in [5, 5.41) is 3.78. The van der Waals surface area contributed by atoms with Crippen LogP contribution in [0.15, 0.2) is 35.1 Å². The van der Waals surface area contributed by atoms with E-state index in [1.807, 2.05) is 6.92 Å². The highest BCUT2D eigenvalue weighted by atomic mass is 19.1. The number of hydrogen-bond acceptors (Lipinski definition) is 6. The largest absolute Gasteiger partial charge is 0.380 e. The van der Waals surface area contributed by atoms with Gasteiger partial charge >= 0.3 is 0 Å². The summed E-state index contributed by atoms with van der Waals surface area (Å²) < 4.78 is 18.6. The molecule has 0 amide bonds. The van der Waals surface area contributed by atoms with E-state index in [-0.39, 0.29) is 17.3 Å². The number of halogens is 1. The Labute approximate surface area is 149 Å². The van der Waals surface area contributed by atoms with E-state index in [1.165, 1.54) is 12.1 Å². The van der Waals surface area contributed by atoms with Crippen LogP contribution in [0.1, 0.15) is 13.3 Å². The third-order valence-electron chi connectivity index (χ3n) is 3.77. The topological polar surface area (TPSA) is 106 Å². The molecule has 0 atom stereocenters. The quantitative estimate of drug-likeness (QED) is 0.561. The van der Waals surface area contributed by atoms with Gasteiger partial charge in [-0.15, -0.1) is 0 Å². The van der Waals surface area contributed by atoms with Crippen molar-refractivity contribution >= 4 is 22.8 Å². The zero-order chi connectivity index (χ0) is 18.5. The summed E-state index contributed by atoms with van der Waals surface area (Å²) in [6.07, 6.45) is 0.950. The van der Waals surface area contributed by atoms with Crippen LogP contribution < -0.4 is 16.6 Å². The van der Waals surface area contributed by atoms with Gasteiger partial charge in [-0.2, -0.15) is 9.97 Å². The lowest BCUT2D eigenvalue weighted by atomic mass is 10.1. The summed E-state index contributed by atoms with van der Waals surface area (Å²) in [5.41, 5.74) is 6.74. The molecule has 0 unspecified atom stereocenters. The first-order valence-electron chi connectivity index (χ1n) is 8.36. The molecule has 136 valence electrons. The first-order valence-corrected chi connectivity index (χ1v) is 8.36. The van der Waals surface area contributed by atoms with Crippen LogP contribution in [0.2, 0.25) is 0 Å². The van der Waals surface area contributed by atoms with Crippen LogP contribution in [0, 0.1) is 5.82 Å². The Morgan fingerprint density at radius 3 is 2.73 bits per heavy atom. The van der Waals surface area contributed by atoms with Crippen LogP contribution in [0.25, 0.3) is 22.2 Å². The fraction of sp³-hybridized carbons (Fsp3) is 0.278. The Hall–Kier alpha value is -3.00. The first-order chi connectivity index (χ1) is 12.6. The molecular formula is C18H20FN5O2. The van der Waals surface area contributed by atoms with Crippen LogP contribution in [0.4, 0.5) is 16.2 Å². The molecule has 26 heavy (non-hydrogen) atoms. The standard InChI is InChI=1S/C18H20FN5O2/c1-2-8-26-9-7-21-15-14-10-13(11-3-5-12(19)6-4-11)17(25)22-16(14)24-18(20)23-15/h3-6,10H,2,7-9H2,1H3,(H4,20,21,22,23,24,25). The van der Waals surface area contributed by atoms with E-state index in [0.717, 1.165) is 6.42 Å². The maximum Gasteiger partial charge on any atom is 0.257 e. The average Bonchev–Trinajstić information content (AvgIpc) is 2.61. The molecular weight excluding hydrogens is 337 g/mol. The van der Waals surface area contributed by atoms with Gasteiger partial charge in [0.15, 0.2) is 0 Å². The van der Waals surface area contributed by atoms with E-state index >= 15 is 0 Å². The van der Waals surface area contributed by atoms with Crippen molar-refractivity contribution in [2.24, 2.45) is 0 Å². The third kappa shape index (κ3) is 3.97. The van der Waals surface area contributed by atoms with Crippen molar-refractivity contribution in [1.82, 2.24) is 15.0 Å². The molecule has 8 heteroatoms. The Morgan fingerprint density at radius 1 is 1.23 bits per heavy atom. The number of anilines is 2. The Balaban J connectivity index is 1.97. The number of nitrogens with two attached hydrogens (primary N) is 1. The fourth-order valence-electron chi connectivity index (χ4n) is 2.57. The summed E-state index contributed by atoms with van der Waals surface area (Å²) in [5.74, 6) is 0.198. The molecule has 1 aromatic carbocycles. The molecule has 2 aromatic heterocycles. The molecule has 2 heterocycles.